The summed E-state index contributed by atoms with van der Waals surface area (Å²) in [6.45, 7) is -0.869. The summed E-state index contributed by atoms with van der Waals surface area (Å²) < 4.78 is 52.8. The van der Waals surface area contributed by atoms with Crippen LogP contribution in [0.2, 0.25) is 0 Å². The normalized spacial score (nSPS) is 22.5. The van der Waals surface area contributed by atoms with Crippen molar-refractivity contribution in [2.45, 2.75) is 24.9 Å². The van der Waals surface area contributed by atoms with Gasteiger partial charge in [-0.05, 0) is 0 Å². The number of ether oxygens (including phenoxy) is 1. The molecule has 180 valence electrons. The number of rotatable bonds is 8. The second-order valence-corrected chi connectivity index (χ2v) is 9.85. The van der Waals surface area contributed by atoms with Crippen LogP contribution in [0.5, 0.6) is 5.88 Å². The maximum Gasteiger partial charge on any atom is 0.526 e. The Bertz CT molecular complexity index is 1210. The Morgan fingerprint density at radius 3 is 2.31 bits per heavy atom. The quantitative estimate of drug-likeness (QED) is 0.174. The van der Waals surface area contributed by atoms with Gasteiger partial charge >= 0.3 is 29.2 Å². The largest absolute Gasteiger partial charge is 0.526 e. The van der Waals surface area contributed by atoms with Crippen LogP contribution < -0.4 is 15.9 Å². The van der Waals surface area contributed by atoms with Crippen molar-refractivity contribution < 1.29 is 61.4 Å². The first-order valence-electron chi connectivity index (χ1n) is 8.15. The molecule has 9 N–H and O–H groups in total. The van der Waals surface area contributed by atoms with Crippen molar-refractivity contribution in [2.75, 3.05) is 12.3 Å². The average molecular weight is 523 g/mol. The van der Waals surface area contributed by atoms with Crippen LogP contribution in [0.4, 0.5) is 5.95 Å². The highest BCUT2D eigenvalue weighted by atomic mass is 31.2. The molecule has 0 aliphatic carbocycles. The van der Waals surface area contributed by atoms with Crippen molar-refractivity contribution in [1.82, 2.24) is 19.5 Å². The summed E-state index contributed by atoms with van der Waals surface area (Å²) in [6.07, 6.45) is -4.78. The zero-order chi connectivity index (χ0) is 24.1. The van der Waals surface area contributed by atoms with Crippen LogP contribution >= 0.6 is 23.5 Å². The van der Waals surface area contributed by atoms with Gasteiger partial charge in [-0.25, -0.2) is 23.1 Å². The summed E-state index contributed by atoms with van der Waals surface area (Å²) in [5.74, 6) is -1.32. The predicted octanol–water partition coefficient (Wildman–Crippen LogP) is -1.95. The van der Waals surface area contributed by atoms with E-state index in [1.165, 1.54) is 0 Å². The van der Waals surface area contributed by atoms with Crippen molar-refractivity contribution in [3.63, 3.8) is 0 Å². The summed E-state index contributed by atoms with van der Waals surface area (Å²) in [7, 11) is -15.2. The number of H-pyrrole nitrogens is 1. The van der Waals surface area contributed by atoms with Crippen molar-refractivity contribution in [1.29, 1.82) is 0 Å². The number of aromatic amines is 1. The van der Waals surface area contributed by atoms with Crippen molar-refractivity contribution in [2.24, 2.45) is 0 Å². The predicted molar refractivity (Wildman–Crippen MR) is 98.7 cm³/mol. The molecule has 0 unspecified atom stereocenters. The number of imidazole rings is 1. The van der Waals surface area contributed by atoms with Crippen molar-refractivity contribution >= 4 is 40.6 Å². The van der Waals surface area contributed by atoms with Gasteiger partial charge in [-0.1, -0.05) is 0 Å². The molecule has 22 heteroatoms. The lowest BCUT2D eigenvalue weighted by Gasteiger charge is -2.19. The number of hydrogen-bond acceptors (Lipinski definition) is 11. The number of phosphoric ester groups is 3. The van der Waals surface area contributed by atoms with Crippen LogP contribution in [-0.2, 0) is 27.5 Å². The number of anilines is 1. The highest BCUT2D eigenvalue weighted by Crippen LogP contribution is 2.46. The first kappa shape index (κ1) is 24.9. The molecule has 19 nitrogen and oxygen atoms in total. The summed E-state index contributed by atoms with van der Waals surface area (Å²) in [4.78, 5) is 75.8. The van der Waals surface area contributed by atoms with Gasteiger partial charge in [0, 0.05) is 6.42 Å². The van der Waals surface area contributed by atoms with Gasteiger partial charge in [0.15, 0.2) is 5.65 Å². The van der Waals surface area contributed by atoms with Crippen molar-refractivity contribution in [3.05, 3.63) is 10.5 Å². The lowest BCUT2D eigenvalue weighted by Crippen LogP contribution is -2.28. The van der Waals surface area contributed by atoms with Gasteiger partial charge in [0.2, 0.25) is 5.95 Å². The first-order chi connectivity index (χ1) is 14.5. The summed E-state index contributed by atoms with van der Waals surface area (Å²) in [5, 5.41) is 0. The lowest BCUT2D eigenvalue weighted by molar-refractivity contribution is -0.0427. The van der Waals surface area contributed by atoms with E-state index in [4.69, 9.17) is 39.8 Å². The molecular weight excluding hydrogens is 507 g/mol. The number of hydrogen-bond donors (Lipinski definition) is 8. The third-order valence-electron chi connectivity index (χ3n) is 3.91. The minimum atomic E-state index is -5.12. The van der Waals surface area contributed by atoms with Gasteiger partial charge in [-0.15, -0.1) is 0 Å². The summed E-state index contributed by atoms with van der Waals surface area (Å²) in [5.41, 5.74) is 3.77. The summed E-state index contributed by atoms with van der Waals surface area (Å²) in [6, 6.07) is 0. The molecule has 0 radical (unpaired) electrons. The van der Waals surface area contributed by atoms with Crippen LogP contribution in [0.1, 0.15) is 12.6 Å². The van der Waals surface area contributed by atoms with Crippen LogP contribution in [0.3, 0.4) is 0 Å². The Balaban J connectivity index is 2.01. The van der Waals surface area contributed by atoms with E-state index in [0.717, 1.165) is 4.57 Å². The van der Waals surface area contributed by atoms with Gasteiger partial charge in [0.25, 0.3) is 5.88 Å². The zero-order valence-corrected chi connectivity index (χ0v) is 18.0. The number of fused-ring (bicyclic) bond motifs is 1. The SMILES string of the molecule is Nc1nc(OP(=O)(O)O)c2[nH]c(=O)n([C@H]3C[C@H](OP(=O)(O)O)[C@@H](COP(=O)(O)O)O3)c2n1. The highest BCUT2D eigenvalue weighted by Gasteiger charge is 2.43. The van der Waals surface area contributed by atoms with Gasteiger partial charge in [0.1, 0.15) is 24.0 Å². The van der Waals surface area contributed by atoms with Gasteiger partial charge in [-0.3, -0.25) is 23.8 Å². The molecule has 3 atom stereocenters. The third-order valence-corrected chi connectivity index (χ3v) is 5.35. The topological polar surface area (TPSA) is 299 Å². The van der Waals surface area contributed by atoms with E-state index < -0.39 is 78.0 Å². The minimum Gasteiger partial charge on any atom is -0.383 e. The fraction of sp³-hybridized carbons (Fsp3) is 0.500. The van der Waals surface area contributed by atoms with Gasteiger partial charge in [-0.2, -0.15) is 9.97 Å². The molecule has 1 aliphatic heterocycles. The first-order valence-corrected chi connectivity index (χ1v) is 12.7. The zero-order valence-electron chi connectivity index (χ0n) is 15.4. The van der Waals surface area contributed by atoms with Crippen LogP contribution in [0.25, 0.3) is 11.2 Å². The summed E-state index contributed by atoms with van der Waals surface area (Å²) >= 11 is 0. The van der Waals surface area contributed by atoms with Gasteiger partial charge < -0.3 is 34.6 Å². The second kappa shape index (κ2) is 8.57. The average Bonchev–Trinajstić information content (AvgIpc) is 3.09. The Hall–Kier alpha value is -1.72. The molecule has 3 rings (SSSR count). The standard InChI is InChI=1S/C10H16N5O14P3/c11-9-13-7-6(8(14-9)29-32(23,24)25)12-10(16)15(7)5-1-3(28-31(20,21)22)4(27-5)2-26-30(17,18)19/h3-5H,1-2H2,(H,12,16)(H2,11,13,14)(H2,17,18,19)(H2,20,21,22)(H2,23,24,25)/t3-,4+,5+/m0/s1. The smallest absolute Gasteiger partial charge is 0.383 e. The van der Waals surface area contributed by atoms with E-state index in [2.05, 4.69) is 28.5 Å². The fourth-order valence-corrected chi connectivity index (χ4v) is 4.18. The van der Waals surface area contributed by atoms with Crippen LogP contribution in [0, 0.1) is 0 Å². The molecule has 0 aromatic carbocycles. The number of nitrogen functional groups attached to an aromatic ring is 1. The molecule has 0 saturated carbocycles. The van der Waals surface area contributed by atoms with E-state index in [1.807, 2.05) is 0 Å². The molecule has 2 aromatic heterocycles. The monoisotopic (exact) mass is 523 g/mol. The maximum atomic E-state index is 12.5. The number of aromatic nitrogens is 4. The van der Waals surface area contributed by atoms with E-state index in [1.54, 1.807) is 0 Å². The molecule has 2 aromatic rings. The molecule has 1 saturated heterocycles. The molecular formula is C10H16N5O14P3. The Kier molecular flexibility index (Phi) is 6.67. The van der Waals surface area contributed by atoms with E-state index in [0.29, 0.717) is 0 Å². The second-order valence-electron chi connectivity index (χ2n) is 6.25. The van der Waals surface area contributed by atoms with E-state index in [9.17, 15) is 18.5 Å². The number of nitrogens with zero attached hydrogens (tertiary/aromatic N) is 3. The van der Waals surface area contributed by atoms with Crippen LogP contribution in [0.15, 0.2) is 4.79 Å². The molecule has 3 heterocycles. The van der Waals surface area contributed by atoms with E-state index >= 15 is 0 Å². The van der Waals surface area contributed by atoms with Gasteiger partial charge in [0.05, 0.1) is 6.61 Å². The molecule has 1 aliphatic rings. The van der Waals surface area contributed by atoms with Crippen LogP contribution in [-0.4, -0.2) is 67.7 Å². The number of phosphoric acid groups is 3. The number of nitrogens with two attached hydrogens (primary N) is 1. The molecule has 1 fully saturated rings. The third kappa shape index (κ3) is 6.20. The molecule has 0 spiro atoms. The minimum absolute atomic E-state index is 0.359. The Morgan fingerprint density at radius 1 is 1.09 bits per heavy atom. The lowest BCUT2D eigenvalue weighted by atomic mass is 10.2. The van der Waals surface area contributed by atoms with E-state index in [-0.39, 0.29) is 5.65 Å². The Morgan fingerprint density at radius 2 is 1.75 bits per heavy atom. The van der Waals surface area contributed by atoms with Crippen molar-refractivity contribution in [3.8, 4) is 5.88 Å². The Labute approximate surface area is 175 Å². The molecule has 32 heavy (non-hydrogen) atoms. The highest BCUT2D eigenvalue weighted by molar-refractivity contribution is 7.47. The maximum absolute atomic E-state index is 12.5. The molecule has 0 bridgehead atoms. The number of nitrogens with one attached hydrogen (secondary N) is 1. The molecule has 0 amide bonds. The fourth-order valence-electron chi connectivity index (χ4n) is 2.90.